The number of imidazole rings is 1. The van der Waals surface area contributed by atoms with Crippen LogP contribution in [0.3, 0.4) is 0 Å². The number of carboxylic acid groups (broad SMARTS) is 1. The monoisotopic (exact) mass is 1930 g/mol. The van der Waals surface area contributed by atoms with Crippen molar-refractivity contribution >= 4 is 154 Å². The second-order valence-electron chi connectivity index (χ2n) is 28.0. The van der Waals surface area contributed by atoms with Crippen molar-refractivity contribution < 1.29 is 167 Å². The van der Waals surface area contributed by atoms with Gasteiger partial charge in [-0.25, -0.2) is 35.8 Å². The third kappa shape index (κ3) is 36.1. The number of aliphatic hydroxyl groups is 3. The summed E-state index contributed by atoms with van der Waals surface area (Å²) in [4.78, 5) is 169. The maximum atomic E-state index is 14.2. The minimum Gasteiger partial charge on any atom is -0.744 e. The maximum Gasteiger partial charge on any atom is 4.00 e. The first-order chi connectivity index (χ1) is 57.9. The molecule has 19 N–H and O–H groups in total. The van der Waals surface area contributed by atoms with Crippen LogP contribution in [0.1, 0.15) is 94.5 Å². The molecule has 671 valence electrons. The van der Waals surface area contributed by atoms with Gasteiger partial charge in [0.05, 0.1) is 58.1 Å². The molecule has 0 aliphatic rings. The van der Waals surface area contributed by atoms with Crippen molar-refractivity contribution in [1.82, 2.24) is 73.1 Å². The number of benzene rings is 4. The second kappa shape index (κ2) is 52.2. The van der Waals surface area contributed by atoms with Gasteiger partial charge in [0, 0.05) is 43.3 Å². The van der Waals surface area contributed by atoms with E-state index in [-0.39, 0.29) is 134 Å². The first-order valence-electron chi connectivity index (χ1n) is 37.2. The number of nitrogens with zero attached hydrogens (tertiary/aromatic N) is 4. The molecule has 43 nitrogen and oxygen atoms in total. The van der Waals surface area contributed by atoms with Crippen LogP contribution in [0.4, 0.5) is 5.82 Å². The van der Waals surface area contributed by atoms with Gasteiger partial charge in [-0.1, -0.05) is 101 Å². The van der Waals surface area contributed by atoms with E-state index >= 15 is 0 Å². The van der Waals surface area contributed by atoms with Crippen LogP contribution in [0.2, 0.25) is 0 Å². The molecule has 0 aliphatic heterocycles. The van der Waals surface area contributed by atoms with Gasteiger partial charge in [-0.3, -0.25) is 52.7 Å². The molecule has 11 amide bonds. The smallest absolute Gasteiger partial charge is 0.744 e. The number of thioether (sulfide) groups is 1. The number of aliphatic carboxylic acids is 1. The number of fused-ring (bicyclic) bond motifs is 1. The number of H-pyrrole nitrogens is 1. The molecule has 0 spiro atoms. The van der Waals surface area contributed by atoms with Crippen molar-refractivity contribution in [2.75, 3.05) is 51.5 Å². The molecule has 7 aromatic rings. The minimum atomic E-state index is -4.82. The van der Waals surface area contributed by atoms with Gasteiger partial charge in [0.1, 0.15) is 72.6 Å². The molecule has 50 heteroatoms. The zero-order valence-corrected chi connectivity index (χ0v) is 76.3. The van der Waals surface area contributed by atoms with Crippen molar-refractivity contribution in [3.8, 4) is 0 Å². The molecule has 7 atom stereocenters. The summed E-state index contributed by atoms with van der Waals surface area (Å²) in [5, 5.41) is 66.1. The number of hydrogen-bond donors (Lipinski definition) is 17. The molecule has 0 fully saturated rings. The summed E-state index contributed by atoms with van der Waals surface area (Å²) in [7, 11) is -16.3. The normalized spacial score (nSPS) is 13.0. The van der Waals surface area contributed by atoms with Gasteiger partial charge >= 0.3 is 49.7 Å². The third-order valence-corrected chi connectivity index (χ3v) is 23.2. The Morgan fingerprint density at radius 3 is 1.62 bits per heavy atom. The van der Waals surface area contributed by atoms with E-state index in [2.05, 4.69) is 78.2 Å². The number of para-hydroxylation sites is 1. The van der Waals surface area contributed by atoms with Crippen molar-refractivity contribution in [3.05, 3.63) is 151 Å². The number of nitrogens with two attached hydrogens (primary N) is 2. The van der Waals surface area contributed by atoms with Gasteiger partial charge in [0.2, 0.25) is 59.1 Å². The molecule has 0 unspecified atom stereocenters. The van der Waals surface area contributed by atoms with Crippen molar-refractivity contribution in [2.45, 2.75) is 136 Å². The Morgan fingerprint density at radius 2 is 1.15 bits per heavy atom. The van der Waals surface area contributed by atoms with E-state index < -0.39 is 211 Å². The summed E-state index contributed by atoms with van der Waals surface area (Å²) < 4.78 is 103. The number of primary amides is 2. The summed E-state index contributed by atoms with van der Waals surface area (Å²) >= 11 is 1.46. The van der Waals surface area contributed by atoms with Crippen LogP contribution in [0.15, 0.2) is 154 Å². The van der Waals surface area contributed by atoms with Crippen LogP contribution in [-0.4, -0.2) is 233 Å². The predicted octanol–water partition coefficient (Wildman–Crippen LogP) is -7.75. The molecule has 0 aliphatic carbocycles. The van der Waals surface area contributed by atoms with Crippen LogP contribution >= 0.6 is 19.7 Å². The Balaban J connectivity index is 0.000000728. The fourth-order valence-electron chi connectivity index (χ4n) is 11.2. The number of rotatable bonds is 45. The van der Waals surface area contributed by atoms with Gasteiger partial charge in [-0.05, 0) is 146 Å². The van der Waals surface area contributed by atoms with Gasteiger partial charge in [-0.15, -0.1) is 5.11 Å². The summed E-state index contributed by atoms with van der Waals surface area (Å²) in [6.45, 7) is 5.21. The number of amides is 11. The number of carbonyl (C=O) groups excluding carboxylic acids is 12. The molecule has 7 rings (SSSR count). The summed E-state index contributed by atoms with van der Waals surface area (Å²) in [5.74, 6) is -9.93. The fraction of sp³-hybridized carbons (Fsp3) is 0.387. The molecule has 3 heterocycles. The van der Waals surface area contributed by atoms with E-state index in [9.17, 15) is 102 Å². The van der Waals surface area contributed by atoms with Gasteiger partial charge in [-0.2, -0.15) is 11.8 Å². The standard InChI is InChI=1S/C51H71N17O11S.C18H15O9PS3.C6H13NO5.Na.Tc/c1-26(2)19-36(48(76)64-33(44(53)72)16-18-80-6)65-49(77)37(21-31-23-55-25-59-31)63-41(71)24-58-50(78)42(27(3)4)66-45(73)28(5)60-51(79)43(35-20-29-9-7-8-10-32(29)61-35)67-47(75)34(12-13-38(52)69)62-40(70)15-17-56-46(74)30-11-14-39(68-54)57-22-30;19-29(20,21)16-7-1-4-13(10-16)28(14-5-2-8-17(11-14)30(22,23)24)15-6-3-9-18(12-15)31(25,26)27;8-2-6(3-9,4-10)7-1-5(11)12;;/h7-11,14,20,22-23,25-28,33-34,36-37,42-43,54,61H,12-13,15-19,21,24H2,1-6H3,(H14,52,53,55,56,58,59,60,62,63,64,65,66,67,69,70,71,72,73,74,75,76,77,78,79);1-12H,(H,19,20,21)(H,22,23,24)(H,25,26,27);7-10H,1-4H2,(H,11,12);;/q;;;+1;+4/p-5/t28-,33-,34-,36-,37-,42-,43-;;;;/m1..../s1/i;;;;1+1. The number of aromatic amines is 1. The quantitative estimate of drug-likeness (QED) is 0.00730. The number of carboxylic acids is 1. The SMILES string of the molecule is CSCC[C@@H](NC(=O)[C@@H](CC(C)C)NC(=O)[C@@H](Cc1c[n-]cn1)NC(=O)CNC(=O)[C@H](NC(=O)[C@@H](C)NC(=O)[C@H](NC(=O)[C@@H](CCC(N)=O)NC(=O)CCNC(=O)c1ccc(N=N)nc1)c1cc2ccccc2[nH]1)C(C)C)C(N)=O.O=C([O-])CNC(CO)(CO)CO.O=S(=O)([O-])c1cccc(P(c2cccc(S(=O)(=O)[O-])c2)c2cccc(S(=O)(=O)[O-])c2)c1.[99Tc+4].[Na+]. The van der Waals surface area contributed by atoms with E-state index in [0.29, 0.717) is 22.3 Å². The van der Waals surface area contributed by atoms with Crippen molar-refractivity contribution in [3.63, 3.8) is 0 Å². The van der Waals surface area contributed by atoms with Crippen LogP contribution in [0.5, 0.6) is 0 Å². The van der Waals surface area contributed by atoms with Crippen molar-refractivity contribution in [2.24, 2.45) is 28.4 Å². The molecular formula is C75H94N18NaO25PS4Tc. The van der Waals surface area contributed by atoms with Gasteiger partial charge in [0.25, 0.3) is 5.91 Å². The Labute approximate surface area is 759 Å². The predicted molar refractivity (Wildman–Crippen MR) is 438 cm³/mol. The van der Waals surface area contributed by atoms with Crippen LogP contribution in [-0.2, 0) is 110 Å². The van der Waals surface area contributed by atoms with E-state index in [4.69, 9.17) is 32.3 Å². The second-order valence-corrected chi connectivity index (χ2v) is 35.4. The van der Waals surface area contributed by atoms with Gasteiger partial charge < -0.3 is 118 Å². The molecule has 0 saturated heterocycles. The number of pyridine rings is 1. The molecular weight excluding hydrogens is 1830 g/mol. The molecule has 125 heavy (non-hydrogen) atoms. The zero-order chi connectivity index (χ0) is 91.7. The zero-order valence-electron chi connectivity index (χ0n) is 68.3. The fourth-order valence-corrected chi connectivity index (χ4v) is 15.9. The Bertz CT molecular complexity index is 5020. The Kier molecular flexibility index (Phi) is 45.6. The van der Waals surface area contributed by atoms with E-state index in [1.54, 1.807) is 44.2 Å². The first kappa shape index (κ1) is 109. The summed E-state index contributed by atoms with van der Waals surface area (Å²) in [6.07, 6.45) is 5.01. The summed E-state index contributed by atoms with van der Waals surface area (Å²) in [6, 6.07) is 17.1. The van der Waals surface area contributed by atoms with E-state index in [1.807, 2.05) is 20.1 Å². The molecule has 0 saturated carbocycles. The van der Waals surface area contributed by atoms with Crippen LogP contribution in [0, 0.1) is 17.4 Å². The first-order valence-corrected chi connectivity index (χ1v) is 44.1. The average molecular weight is 1930 g/mol. The van der Waals surface area contributed by atoms with Crippen molar-refractivity contribution in [1.29, 1.82) is 5.53 Å². The van der Waals surface area contributed by atoms with Crippen LogP contribution in [0.25, 0.3) is 10.9 Å². The molecule has 3 aromatic heterocycles. The maximum absolute atomic E-state index is 14.2. The number of carbonyl (C=O) groups is 12. The topological polar surface area (TPSA) is 724 Å². The number of nitrogens with one attached hydrogen (secondary N) is 12. The Hall–Kier alpha value is -9.98. The molecule has 0 bridgehead atoms. The van der Waals surface area contributed by atoms with Gasteiger partial charge in [0.15, 0.2) is 5.82 Å². The molecule has 4 aromatic carbocycles. The number of hydrogen-bond acceptors (Lipinski definition) is 31. The number of aliphatic hydroxyl groups excluding tert-OH is 3. The largest absolute Gasteiger partial charge is 4.00 e. The summed E-state index contributed by atoms with van der Waals surface area (Å²) in [5.41, 5.74) is 17.8. The molecule has 1 radical (unpaired) electrons. The average Bonchev–Trinajstić information content (AvgIpc) is 1.54. The minimum absolute atomic E-state index is 0. The Morgan fingerprint density at radius 1 is 0.608 bits per heavy atom. The number of aromatic nitrogens is 4. The third-order valence-electron chi connectivity index (χ3n) is 17.7. The van der Waals surface area contributed by atoms with E-state index in [1.165, 1.54) is 85.9 Å². The van der Waals surface area contributed by atoms with E-state index in [0.717, 1.165) is 36.4 Å². The van der Waals surface area contributed by atoms with Crippen LogP contribution < -0.4 is 120 Å².